The topological polar surface area (TPSA) is 38.8 Å². The molecule has 28 heavy (non-hydrogen) atoms. The Morgan fingerprint density at radius 1 is 1.14 bits per heavy atom. The van der Waals surface area contributed by atoms with Crippen LogP contribution in [0.25, 0.3) is 6.08 Å². The molecule has 1 unspecified atom stereocenters. The Kier molecular flexibility index (Phi) is 6.31. The lowest BCUT2D eigenvalue weighted by Crippen LogP contribution is -2.30. The summed E-state index contributed by atoms with van der Waals surface area (Å²) >= 11 is 6.61. The van der Waals surface area contributed by atoms with E-state index in [-0.39, 0.29) is 23.4 Å². The molecule has 146 valence electrons. The molecule has 1 saturated heterocycles. The summed E-state index contributed by atoms with van der Waals surface area (Å²) in [6, 6.07) is 13.9. The molecule has 0 radical (unpaired) electrons. The standard InChI is InChI=1S/C20H17F2NO3S2/c1-12(14-6-4-3-5-7-14)23-18(24)17(28-20(23)27)11-13-8-9-15(26-19(21)22)16(10-13)25-2/h3-12,19H,1-2H3. The average Bonchev–Trinajstić information content (AvgIpc) is 2.96. The van der Waals surface area contributed by atoms with Gasteiger partial charge in [0.15, 0.2) is 11.5 Å². The van der Waals surface area contributed by atoms with Gasteiger partial charge in [0.2, 0.25) is 0 Å². The van der Waals surface area contributed by atoms with Gasteiger partial charge in [-0.2, -0.15) is 8.78 Å². The highest BCUT2D eigenvalue weighted by Crippen LogP contribution is 2.39. The van der Waals surface area contributed by atoms with Gasteiger partial charge in [0, 0.05) is 0 Å². The lowest BCUT2D eigenvalue weighted by atomic mass is 10.1. The van der Waals surface area contributed by atoms with Gasteiger partial charge in [-0.3, -0.25) is 9.69 Å². The number of nitrogens with zero attached hydrogens (tertiary/aromatic N) is 1. The molecule has 1 atom stereocenters. The van der Waals surface area contributed by atoms with Crippen molar-refractivity contribution in [3.8, 4) is 11.5 Å². The Morgan fingerprint density at radius 3 is 2.50 bits per heavy atom. The zero-order valence-electron chi connectivity index (χ0n) is 15.1. The second kappa shape index (κ2) is 8.70. The third kappa shape index (κ3) is 4.34. The zero-order chi connectivity index (χ0) is 20.3. The molecule has 0 aromatic heterocycles. The first kappa shape index (κ1) is 20.3. The summed E-state index contributed by atoms with van der Waals surface area (Å²) in [6.07, 6.45) is 1.66. The van der Waals surface area contributed by atoms with Crippen molar-refractivity contribution in [1.82, 2.24) is 4.90 Å². The first-order valence-corrected chi connectivity index (χ1v) is 9.58. The molecule has 1 fully saturated rings. The number of ether oxygens (including phenoxy) is 2. The molecule has 3 rings (SSSR count). The van der Waals surface area contributed by atoms with Crippen LogP contribution in [0.15, 0.2) is 53.4 Å². The number of methoxy groups -OCH3 is 1. The minimum absolute atomic E-state index is 0.0695. The maximum atomic E-state index is 12.9. The fraction of sp³-hybridized carbons (Fsp3) is 0.200. The maximum Gasteiger partial charge on any atom is 0.387 e. The van der Waals surface area contributed by atoms with E-state index in [9.17, 15) is 13.6 Å². The van der Waals surface area contributed by atoms with Crippen LogP contribution < -0.4 is 9.47 Å². The molecule has 0 saturated carbocycles. The molecule has 1 aliphatic rings. The Balaban J connectivity index is 1.85. The van der Waals surface area contributed by atoms with Gasteiger partial charge in [-0.15, -0.1) is 0 Å². The van der Waals surface area contributed by atoms with E-state index in [1.54, 1.807) is 17.0 Å². The summed E-state index contributed by atoms with van der Waals surface area (Å²) in [6.45, 7) is -1.03. The predicted molar refractivity (Wildman–Crippen MR) is 109 cm³/mol. The average molecular weight is 421 g/mol. The summed E-state index contributed by atoms with van der Waals surface area (Å²) in [5.41, 5.74) is 1.60. The van der Waals surface area contributed by atoms with E-state index in [1.165, 1.54) is 31.0 Å². The van der Waals surface area contributed by atoms with Crippen molar-refractivity contribution in [3.05, 3.63) is 64.6 Å². The number of hydrogen-bond acceptors (Lipinski definition) is 5. The van der Waals surface area contributed by atoms with Crippen LogP contribution in [0.3, 0.4) is 0 Å². The van der Waals surface area contributed by atoms with Crippen molar-refractivity contribution in [1.29, 1.82) is 0 Å². The van der Waals surface area contributed by atoms with E-state index in [1.807, 2.05) is 37.3 Å². The zero-order valence-corrected chi connectivity index (χ0v) is 16.7. The summed E-state index contributed by atoms with van der Waals surface area (Å²) in [7, 11) is 1.36. The number of carbonyl (C=O) groups is 1. The maximum absolute atomic E-state index is 12.9. The lowest BCUT2D eigenvalue weighted by Gasteiger charge is -2.23. The molecule has 0 bridgehead atoms. The van der Waals surface area contributed by atoms with Gasteiger partial charge in [0.1, 0.15) is 4.32 Å². The molecular weight excluding hydrogens is 404 g/mol. The van der Waals surface area contributed by atoms with E-state index < -0.39 is 6.61 Å². The van der Waals surface area contributed by atoms with E-state index in [2.05, 4.69) is 4.74 Å². The molecule has 1 amide bonds. The minimum atomic E-state index is -2.95. The number of alkyl halides is 2. The number of halogens is 2. The van der Waals surface area contributed by atoms with E-state index in [4.69, 9.17) is 17.0 Å². The van der Waals surface area contributed by atoms with Crippen molar-refractivity contribution in [2.24, 2.45) is 0 Å². The highest BCUT2D eigenvalue weighted by atomic mass is 32.2. The van der Waals surface area contributed by atoms with Gasteiger partial charge in [0.05, 0.1) is 18.1 Å². The SMILES string of the molecule is COc1cc(C=C2SC(=S)N(C(C)c3ccccc3)C2=O)ccc1OC(F)F. The monoisotopic (exact) mass is 421 g/mol. The van der Waals surface area contributed by atoms with Gasteiger partial charge in [-0.05, 0) is 36.3 Å². The largest absolute Gasteiger partial charge is 0.493 e. The highest BCUT2D eigenvalue weighted by molar-refractivity contribution is 8.26. The Hall–Kier alpha value is -2.45. The number of thiocarbonyl (C=S) groups is 1. The van der Waals surface area contributed by atoms with Crippen LogP contribution >= 0.6 is 24.0 Å². The van der Waals surface area contributed by atoms with Crippen LogP contribution in [0.1, 0.15) is 24.1 Å². The van der Waals surface area contributed by atoms with Crippen LogP contribution in [0.5, 0.6) is 11.5 Å². The molecule has 0 aliphatic carbocycles. The Morgan fingerprint density at radius 2 is 1.86 bits per heavy atom. The predicted octanol–water partition coefficient (Wildman–Crippen LogP) is 5.26. The van der Waals surface area contributed by atoms with Gasteiger partial charge in [0.25, 0.3) is 5.91 Å². The Bertz CT molecular complexity index is 919. The third-order valence-corrected chi connectivity index (χ3v) is 5.52. The van der Waals surface area contributed by atoms with Crippen molar-refractivity contribution in [2.45, 2.75) is 19.6 Å². The number of amides is 1. The lowest BCUT2D eigenvalue weighted by molar-refractivity contribution is -0.123. The number of carbonyl (C=O) groups excluding carboxylic acids is 1. The molecule has 2 aromatic carbocycles. The molecule has 1 heterocycles. The molecule has 0 spiro atoms. The highest BCUT2D eigenvalue weighted by Gasteiger charge is 2.35. The fourth-order valence-corrected chi connectivity index (χ4v) is 4.23. The van der Waals surface area contributed by atoms with E-state index in [0.717, 1.165) is 5.56 Å². The van der Waals surface area contributed by atoms with Crippen molar-refractivity contribution < 1.29 is 23.0 Å². The van der Waals surface area contributed by atoms with Gasteiger partial charge < -0.3 is 9.47 Å². The fourth-order valence-electron chi connectivity index (χ4n) is 2.81. The van der Waals surface area contributed by atoms with Crippen LogP contribution in [0, 0.1) is 0 Å². The van der Waals surface area contributed by atoms with Crippen molar-refractivity contribution in [2.75, 3.05) is 7.11 Å². The molecule has 2 aromatic rings. The quantitative estimate of drug-likeness (QED) is 0.470. The summed E-state index contributed by atoms with van der Waals surface area (Å²) in [4.78, 5) is 14.9. The normalized spacial score (nSPS) is 16.8. The van der Waals surface area contributed by atoms with Crippen molar-refractivity contribution in [3.63, 3.8) is 0 Å². The number of rotatable bonds is 6. The molecule has 8 heteroatoms. The number of benzene rings is 2. The van der Waals surface area contributed by atoms with Gasteiger partial charge in [-0.25, -0.2) is 0 Å². The van der Waals surface area contributed by atoms with Gasteiger partial charge >= 0.3 is 6.61 Å². The second-order valence-electron chi connectivity index (χ2n) is 5.93. The van der Waals surface area contributed by atoms with Crippen LogP contribution in [-0.4, -0.2) is 28.8 Å². The number of thioether (sulfide) groups is 1. The molecular formula is C20H17F2NO3S2. The summed E-state index contributed by atoms with van der Waals surface area (Å²) < 4.78 is 34.9. The molecule has 4 nitrogen and oxygen atoms in total. The molecule has 1 aliphatic heterocycles. The van der Waals surface area contributed by atoms with Crippen LogP contribution in [-0.2, 0) is 4.79 Å². The Labute approximate surface area is 171 Å². The second-order valence-corrected chi connectivity index (χ2v) is 7.60. The minimum Gasteiger partial charge on any atom is -0.493 e. The number of hydrogen-bond donors (Lipinski definition) is 0. The first-order valence-electron chi connectivity index (χ1n) is 8.35. The summed E-state index contributed by atoms with van der Waals surface area (Å²) in [5.74, 6) is -0.111. The van der Waals surface area contributed by atoms with Gasteiger partial charge in [-0.1, -0.05) is 60.4 Å². The van der Waals surface area contributed by atoms with E-state index in [0.29, 0.717) is 14.8 Å². The summed E-state index contributed by atoms with van der Waals surface area (Å²) in [5, 5.41) is 0. The van der Waals surface area contributed by atoms with E-state index >= 15 is 0 Å². The third-order valence-electron chi connectivity index (χ3n) is 4.19. The first-order chi connectivity index (χ1) is 13.4. The smallest absolute Gasteiger partial charge is 0.387 e. The van der Waals surface area contributed by atoms with Crippen LogP contribution in [0.2, 0.25) is 0 Å². The molecule has 0 N–H and O–H groups in total. The van der Waals surface area contributed by atoms with Crippen molar-refractivity contribution >= 4 is 40.3 Å². The van der Waals surface area contributed by atoms with Crippen LogP contribution in [0.4, 0.5) is 8.78 Å².